The Labute approximate surface area is 219 Å². The minimum Gasteiger partial charge on any atom is -0.372 e. The largest absolute Gasteiger partial charge is 0.372 e. The van der Waals surface area contributed by atoms with Gasteiger partial charge >= 0.3 is 0 Å². The van der Waals surface area contributed by atoms with Crippen LogP contribution < -0.4 is 20.4 Å². The summed E-state index contributed by atoms with van der Waals surface area (Å²) in [7, 11) is 0. The van der Waals surface area contributed by atoms with Crippen LogP contribution >= 0.6 is 0 Å². The molecule has 0 spiro atoms. The molecule has 2 N–H and O–H groups in total. The molecule has 3 aromatic carbocycles. The van der Waals surface area contributed by atoms with Gasteiger partial charge in [-0.2, -0.15) is 0 Å². The topological polar surface area (TPSA) is 35.7 Å². The van der Waals surface area contributed by atoms with Crippen molar-refractivity contribution in [2.75, 3.05) is 54.0 Å². The minimum atomic E-state index is 0.130. The van der Waals surface area contributed by atoms with Crippen LogP contribution in [0.3, 0.4) is 0 Å². The maximum absolute atomic E-state index is 6.36. The number of rotatable bonds is 13. The van der Waals surface area contributed by atoms with Gasteiger partial charge in [-0.3, -0.25) is 0 Å². The Morgan fingerprint density at radius 2 is 0.889 bits per heavy atom. The van der Waals surface area contributed by atoms with Gasteiger partial charge in [-0.25, -0.2) is 0 Å². The molecule has 0 heterocycles. The summed E-state index contributed by atoms with van der Waals surface area (Å²) >= 11 is 0. The standard InChI is InChI=1S/C32H46N4/c1-7-34(8-2)28-17-13-25(14-18-28)32(26-15-19-29(20-16-26)35(9-3)10-4)31-22-21-30(23-27(31)24-33)36(11-5)12-6/h13-23,32H,7-12,24,33H2,1-6H3. The molecule has 3 aromatic rings. The van der Waals surface area contributed by atoms with E-state index in [0.29, 0.717) is 6.54 Å². The van der Waals surface area contributed by atoms with Crippen LogP contribution in [0.25, 0.3) is 0 Å². The molecule has 0 atom stereocenters. The molecule has 0 fully saturated rings. The summed E-state index contributed by atoms with van der Waals surface area (Å²) in [5.41, 5.74) is 15.3. The molecule has 3 rings (SSSR count). The summed E-state index contributed by atoms with van der Waals surface area (Å²) in [6.45, 7) is 19.8. The average molecular weight is 487 g/mol. The van der Waals surface area contributed by atoms with Crippen LogP contribution in [-0.2, 0) is 6.54 Å². The third kappa shape index (κ3) is 6.04. The molecule has 4 nitrogen and oxygen atoms in total. The number of benzene rings is 3. The Balaban J connectivity index is 2.12. The van der Waals surface area contributed by atoms with Gasteiger partial charge in [0.05, 0.1) is 0 Å². The first-order valence-electron chi connectivity index (χ1n) is 13.8. The van der Waals surface area contributed by atoms with Gasteiger partial charge in [-0.15, -0.1) is 0 Å². The minimum absolute atomic E-state index is 0.130. The molecular formula is C32H46N4. The maximum atomic E-state index is 6.36. The van der Waals surface area contributed by atoms with Crippen molar-refractivity contribution in [1.29, 1.82) is 0 Å². The zero-order valence-corrected chi connectivity index (χ0v) is 23.3. The molecule has 36 heavy (non-hydrogen) atoms. The summed E-state index contributed by atoms with van der Waals surface area (Å²) in [5, 5.41) is 0. The fourth-order valence-corrected chi connectivity index (χ4v) is 5.32. The Hall–Kier alpha value is -2.98. The van der Waals surface area contributed by atoms with Gasteiger partial charge in [0.15, 0.2) is 0 Å². The fourth-order valence-electron chi connectivity index (χ4n) is 5.32. The number of hydrogen-bond donors (Lipinski definition) is 1. The molecule has 0 aliphatic heterocycles. The number of nitrogens with zero attached hydrogens (tertiary/aromatic N) is 3. The number of anilines is 3. The summed E-state index contributed by atoms with van der Waals surface area (Å²) in [6, 6.07) is 25.1. The summed E-state index contributed by atoms with van der Waals surface area (Å²) < 4.78 is 0. The van der Waals surface area contributed by atoms with E-state index in [1.807, 2.05) is 0 Å². The molecule has 0 aliphatic rings. The molecular weight excluding hydrogens is 440 g/mol. The van der Waals surface area contributed by atoms with Gasteiger partial charge in [0.25, 0.3) is 0 Å². The molecule has 0 saturated heterocycles. The smallest absolute Gasteiger partial charge is 0.0369 e. The van der Waals surface area contributed by atoms with Crippen molar-refractivity contribution < 1.29 is 0 Å². The van der Waals surface area contributed by atoms with E-state index < -0.39 is 0 Å². The molecule has 0 aliphatic carbocycles. The molecule has 0 aromatic heterocycles. The van der Waals surface area contributed by atoms with E-state index in [1.165, 1.54) is 39.3 Å². The summed E-state index contributed by atoms with van der Waals surface area (Å²) in [5.74, 6) is 0.130. The Bertz CT molecular complexity index is 991. The van der Waals surface area contributed by atoms with Crippen molar-refractivity contribution in [3.05, 3.63) is 89.0 Å². The van der Waals surface area contributed by atoms with Crippen LogP contribution in [0.2, 0.25) is 0 Å². The van der Waals surface area contributed by atoms with Gasteiger partial charge in [0, 0.05) is 68.8 Å². The van der Waals surface area contributed by atoms with Crippen LogP contribution in [0.5, 0.6) is 0 Å². The van der Waals surface area contributed by atoms with Crippen LogP contribution in [0.1, 0.15) is 69.7 Å². The highest BCUT2D eigenvalue weighted by atomic mass is 15.1. The van der Waals surface area contributed by atoms with Crippen LogP contribution in [-0.4, -0.2) is 39.3 Å². The molecule has 0 saturated carbocycles. The molecule has 0 unspecified atom stereocenters. The predicted octanol–water partition coefficient (Wildman–Crippen LogP) is 6.86. The Morgan fingerprint density at radius 1 is 0.528 bits per heavy atom. The van der Waals surface area contributed by atoms with Crippen LogP contribution in [0.4, 0.5) is 17.1 Å². The van der Waals surface area contributed by atoms with Gasteiger partial charge in [-0.1, -0.05) is 30.3 Å². The van der Waals surface area contributed by atoms with Gasteiger partial charge in [0.1, 0.15) is 0 Å². The zero-order valence-electron chi connectivity index (χ0n) is 23.3. The normalized spacial score (nSPS) is 11.1. The lowest BCUT2D eigenvalue weighted by Crippen LogP contribution is -2.23. The first-order chi connectivity index (χ1) is 17.5. The lowest BCUT2D eigenvalue weighted by atomic mass is 9.82. The number of nitrogens with two attached hydrogens (primary N) is 1. The highest BCUT2D eigenvalue weighted by Gasteiger charge is 2.21. The van der Waals surface area contributed by atoms with Crippen molar-refractivity contribution in [2.45, 2.75) is 54.0 Å². The van der Waals surface area contributed by atoms with Crippen molar-refractivity contribution in [3.63, 3.8) is 0 Å². The van der Waals surface area contributed by atoms with Crippen molar-refractivity contribution >= 4 is 17.1 Å². The van der Waals surface area contributed by atoms with Crippen molar-refractivity contribution in [1.82, 2.24) is 0 Å². The molecule has 0 radical (unpaired) electrons. The molecule has 4 heteroatoms. The lowest BCUT2D eigenvalue weighted by Gasteiger charge is -2.27. The van der Waals surface area contributed by atoms with E-state index in [-0.39, 0.29) is 5.92 Å². The lowest BCUT2D eigenvalue weighted by molar-refractivity contribution is 0.855. The predicted molar refractivity (Wildman–Crippen MR) is 159 cm³/mol. The fraction of sp³-hybridized carbons (Fsp3) is 0.438. The second kappa shape index (κ2) is 13.4. The quantitative estimate of drug-likeness (QED) is 0.268. The van der Waals surface area contributed by atoms with E-state index in [4.69, 9.17) is 5.73 Å². The van der Waals surface area contributed by atoms with Gasteiger partial charge in [0.2, 0.25) is 0 Å². The van der Waals surface area contributed by atoms with Crippen molar-refractivity contribution in [3.8, 4) is 0 Å². The van der Waals surface area contributed by atoms with Crippen LogP contribution in [0.15, 0.2) is 66.7 Å². The van der Waals surface area contributed by atoms with E-state index in [0.717, 1.165) is 39.3 Å². The third-order valence-corrected chi connectivity index (χ3v) is 7.50. The van der Waals surface area contributed by atoms with Gasteiger partial charge in [-0.05, 0) is 100 Å². The molecule has 0 amide bonds. The Kier molecular flexibility index (Phi) is 10.2. The van der Waals surface area contributed by atoms with E-state index in [9.17, 15) is 0 Å². The maximum Gasteiger partial charge on any atom is 0.0369 e. The first kappa shape index (κ1) is 27.6. The Morgan fingerprint density at radius 3 is 1.25 bits per heavy atom. The van der Waals surface area contributed by atoms with E-state index in [2.05, 4.69) is 123 Å². The number of hydrogen-bond acceptors (Lipinski definition) is 4. The van der Waals surface area contributed by atoms with Gasteiger partial charge < -0.3 is 20.4 Å². The zero-order chi connectivity index (χ0) is 26.1. The first-order valence-corrected chi connectivity index (χ1v) is 13.8. The molecule has 0 bridgehead atoms. The highest BCUT2D eigenvalue weighted by Crippen LogP contribution is 2.37. The molecule has 194 valence electrons. The monoisotopic (exact) mass is 486 g/mol. The van der Waals surface area contributed by atoms with Crippen molar-refractivity contribution in [2.24, 2.45) is 5.73 Å². The average Bonchev–Trinajstić information content (AvgIpc) is 2.93. The summed E-state index contributed by atoms with van der Waals surface area (Å²) in [4.78, 5) is 7.17. The second-order valence-corrected chi connectivity index (χ2v) is 9.22. The van der Waals surface area contributed by atoms with Crippen LogP contribution in [0, 0.1) is 0 Å². The second-order valence-electron chi connectivity index (χ2n) is 9.22. The summed E-state index contributed by atoms with van der Waals surface area (Å²) in [6.07, 6.45) is 0. The van der Waals surface area contributed by atoms with E-state index in [1.54, 1.807) is 0 Å². The third-order valence-electron chi connectivity index (χ3n) is 7.50. The SMILES string of the molecule is CCN(CC)c1ccc(C(c2ccc(N(CC)CC)cc2)c2ccc(N(CC)CC)cc2CN)cc1. The highest BCUT2D eigenvalue weighted by molar-refractivity contribution is 5.58. The van der Waals surface area contributed by atoms with E-state index >= 15 is 0 Å².